The van der Waals surface area contributed by atoms with Gasteiger partial charge in [-0.25, -0.2) is 4.79 Å². The number of thiophene rings is 1. The minimum absolute atomic E-state index is 0.0906. The van der Waals surface area contributed by atoms with Crippen molar-refractivity contribution in [2.45, 2.75) is 32.2 Å². The number of amides is 1. The Kier molecular flexibility index (Phi) is 9.03. The molecule has 2 aromatic heterocycles. The Morgan fingerprint density at radius 3 is 2.39 bits per heavy atom. The first-order chi connectivity index (χ1) is 18.4. The number of esters is 1. The fourth-order valence-corrected chi connectivity index (χ4v) is 5.46. The zero-order valence-electron chi connectivity index (χ0n) is 21.5. The summed E-state index contributed by atoms with van der Waals surface area (Å²) in [6.45, 7) is 4.90. The largest absolute Gasteiger partial charge is 0.497 e. The van der Waals surface area contributed by atoms with Crippen molar-refractivity contribution in [2.75, 3.05) is 25.3 Å². The Bertz CT molecular complexity index is 1400. The minimum atomic E-state index is -0.524. The van der Waals surface area contributed by atoms with E-state index in [1.165, 1.54) is 30.2 Å². The van der Waals surface area contributed by atoms with Gasteiger partial charge in [-0.05, 0) is 43.7 Å². The van der Waals surface area contributed by atoms with Crippen LogP contribution in [0.15, 0.2) is 59.1 Å². The molecule has 0 bridgehead atoms. The second-order valence-corrected chi connectivity index (χ2v) is 9.98. The van der Waals surface area contributed by atoms with Crippen molar-refractivity contribution in [3.63, 3.8) is 0 Å². The van der Waals surface area contributed by atoms with E-state index >= 15 is 0 Å². The Hall–Kier alpha value is -3.83. The van der Waals surface area contributed by atoms with Gasteiger partial charge in [-0.1, -0.05) is 41.6 Å². The van der Waals surface area contributed by atoms with E-state index in [0.29, 0.717) is 39.4 Å². The number of carbonyl (C=O) groups is 2. The van der Waals surface area contributed by atoms with Crippen LogP contribution in [0.25, 0.3) is 11.1 Å². The first-order valence-corrected chi connectivity index (χ1v) is 13.7. The van der Waals surface area contributed by atoms with Crippen molar-refractivity contribution in [3.05, 3.63) is 70.9 Å². The summed E-state index contributed by atoms with van der Waals surface area (Å²) >= 11 is 2.54. The number of hydrogen-bond acceptors (Lipinski definition) is 9. The van der Waals surface area contributed by atoms with E-state index in [0.717, 1.165) is 16.9 Å². The number of benzene rings is 2. The van der Waals surface area contributed by atoms with Gasteiger partial charge in [0, 0.05) is 17.5 Å². The van der Waals surface area contributed by atoms with Gasteiger partial charge in [-0.2, -0.15) is 0 Å². The smallest absolute Gasteiger partial charge is 0.341 e. The summed E-state index contributed by atoms with van der Waals surface area (Å²) in [7, 11) is 2.91. The third kappa shape index (κ3) is 6.35. The van der Waals surface area contributed by atoms with E-state index < -0.39 is 5.97 Å². The second kappa shape index (κ2) is 12.6. The van der Waals surface area contributed by atoms with Crippen molar-refractivity contribution in [1.29, 1.82) is 0 Å². The lowest BCUT2D eigenvalue weighted by molar-refractivity contribution is -0.113. The SMILES string of the molecule is CCn1c(COc2ccc(C)cc2)nnc1SCC(=O)Nc1scc(-c2ccc(OC)cc2)c1C(=O)OC. The molecule has 9 nitrogen and oxygen atoms in total. The molecule has 0 fully saturated rings. The molecule has 11 heteroatoms. The molecule has 1 N–H and O–H groups in total. The second-order valence-electron chi connectivity index (χ2n) is 8.16. The average Bonchev–Trinajstić information content (AvgIpc) is 3.54. The number of ether oxygens (including phenoxy) is 3. The molecule has 38 heavy (non-hydrogen) atoms. The van der Waals surface area contributed by atoms with Crippen LogP contribution in [0.1, 0.15) is 28.7 Å². The van der Waals surface area contributed by atoms with E-state index in [9.17, 15) is 9.59 Å². The molecule has 198 valence electrons. The molecule has 0 saturated heterocycles. The van der Waals surface area contributed by atoms with E-state index in [4.69, 9.17) is 14.2 Å². The molecule has 0 atom stereocenters. The molecule has 0 aliphatic rings. The van der Waals surface area contributed by atoms with Crippen molar-refractivity contribution in [3.8, 4) is 22.6 Å². The normalized spacial score (nSPS) is 10.7. The molecular formula is C27H28N4O5S2. The summed E-state index contributed by atoms with van der Waals surface area (Å²) < 4.78 is 18.0. The number of hydrogen-bond donors (Lipinski definition) is 1. The molecule has 1 amide bonds. The highest BCUT2D eigenvalue weighted by atomic mass is 32.2. The lowest BCUT2D eigenvalue weighted by atomic mass is 10.0. The Balaban J connectivity index is 1.42. The summed E-state index contributed by atoms with van der Waals surface area (Å²) in [4.78, 5) is 25.5. The minimum Gasteiger partial charge on any atom is -0.497 e. The lowest BCUT2D eigenvalue weighted by Gasteiger charge is -2.10. The number of aromatic nitrogens is 3. The van der Waals surface area contributed by atoms with Crippen LogP contribution in [0, 0.1) is 6.92 Å². The summed E-state index contributed by atoms with van der Waals surface area (Å²) in [6.07, 6.45) is 0. The van der Waals surface area contributed by atoms with Gasteiger partial charge in [-0.15, -0.1) is 21.5 Å². The fraction of sp³-hybridized carbons (Fsp3) is 0.259. The molecule has 0 unspecified atom stereocenters. The van der Waals surface area contributed by atoms with Gasteiger partial charge in [0.05, 0.1) is 20.0 Å². The molecule has 2 aromatic carbocycles. The van der Waals surface area contributed by atoms with Gasteiger partial charge in [0.1, 0.15) is 28.7 Å². The highest BCUT2D eigenvalue weighted by molar-refractivity contribution is 7.99. The van der Waals surface area contributed by atoms with Gasteiger partial charge in [0.15, 0.2) is 11.0 Å². The van der Waals surface area contributed by atoms with Crippen LogP contribution in [-0.4, -0.2) is 46.6 Å². The monoisotopic (exact) mass is 552 g/mol. The van der Waals surface area contributed by atoms with Gasteiger partial charge < -0.3 is 24.1 Å². The number of nitrogens with one attached hydrogen (secondary N) is 1. The van der Waals surface area contributed by atoms with Crippen LogP contribution in [0.4, 0.5) is 5.00 Å². The van der Waals surface area contributed by atoms with Crippen LogP contribution >= 0.6 is 23.1 Å². The van der Waals surface area contributed by atoms with Gasteiger partial charge in [-0.3, -0.25) is 4.79 Å². The number of aryl methyl sites for hydroxylation is 1. The maximum atomic E-state index is 12.8. The highest BCUT2D eigenvalue weighted by Gasteiger charge is 2.23. The van der Waals surface area contributed by atoms with Gasteiger partial charge in [0.2, 0.25) is 5.91 Å². The number of methoxy groups -OCH3 is 2. The van der Waals surface area contributed by atoms with Crippen molar-refractivity contribution in [2.24, 2.45) is 0 Å². The molecule has 0 aliphatic heterocycles. The van der Waals surface area contributed by atoms with Crippen molar-refractivity contribution >= 4 is 40.0 Å². The Morgan fingerprint density at radius 1 is 1.03 bits per heavy atom. The van der Waals surface area contributed by atoms with Crippen LogP contribution in [0.2, 0.25) is 0 Å². The molecule has 2 heterocycles. The zero-order chi connectivity index (χ0) is 27.1. The van der Waals surface area contributed by atoms with Crippen LogP contribution in [0.3, 0.4) is 0 Å². The van der Waals surface area contributed by atoms with E-state index in [2.05, 4.69) is 15.5 Å². The summed E-state index contributed by atoms with van der Waals surface area (Å²) in [6, 6.07) is 15.1. The number of nitrogens with zero attached hydrogens (tertiary/aromatic N) is 3. The third-order valence-electron chi connectivity index (χ3n) is 5.67. The Labute approximate surface area is 229 Å². The summed E-state index contributed by atoms with van der Waals surface area (Å²) in [5.74, 6) is 1.43. The van der Waals surface area contributed by atoms with Gasteiger partial charge >= 0.3 is 5.97 Å². The number of anilines is 1. The summed E-state index contributed by atoms with van der Waals surface area (Å²) in [5.41, 5.74) is 2.96. The van der Waals surface area contributed by atoms with Crippen LogP contribution in [0.5, 0.6) is 11.5 Å². The standard InChI is InChI=1S/C27H28N4O5S2/c1-5-31-22(14-36-20-10-6-17(2)7-11-20)29-30-27(31)38-16-23(32)28-25-24(26(33)35-4)21(15-37-25)18-8-12-19(34-3)13-9-18/h6-13,15H,5,14,16H2,1-4H3,(H,28,32). The number of carbonyl (C=O) groups excluding carboxylic acids is 2. The molecule has 0 aliphatic carbocycles. The summed E-state index contributed by atoms with van der Waals surface area (Å²) in [5, 5.41) is 14.2. The van der Waals surface area contributed by atoms with E-state index in [1.54, 1.807) is 7.11 Å². The van der Waals surface area contributed by atoms with Crippen molar-refractivity contribution < 1.29 is 23.8 Å². The topological polar surface area (TPSA) is 105 Å². The zero-order valence-corrected chi connectivity index (χ0v) is 23.1. The molecule has 4 aromatic rings. The van der Waals surface area contributed by atoms with E-state index in [1.807, 2.05) is 72.3 Å². The molecule has 0 saturated carbocycles. The molecule has 0 radical (unpaired) electrons. The quantitative estimate of drug-likeness (QED) is 0.194. The number of thioether (sulfide) groups is 1. The molecule has 0 spiro atoms. The third-order valence-corrected chi connectivity index (χ3v) is 7.53. The lowest BCUT2D eigenvalue weighted by Crippen LogP contribution is -2.16. The van der Waals surface area contributed by atoms with Gasteiger partial charge in [0.25, 0.3) is 0 Å². The predicted molar refractivity (Wildman–Crippen MR) is 148 cm³/mol. The predicted octanol–water partition coefficient (Wildman–Crippen LogP) is 5.44. The highest BCUT2D eigenvalue weighted by Crippen LogP contribution is 2.37. The maximum absolute atomic E-state index is 12.8. The maximum Gasteiger partial charge on any atom is 0.341 e. The molecule has 4 rings (SSSR count). The fourth-order valence-electron chi connectivity index (χ4n) is 3.66. The number of rotatable bonds is 11. The average molecular weight is 553 g/mol. The van der Waals surface area contributed by atoms with Crippen LogP contribution < -0.4 is 14.8 Å². The van der Waals surface area contributed by atoms with Crippen molar-refractivity contribution in [1.82, 2.24) is 14.8 Å². The van der Waals surface area contributed by atoms with E-state index in [-0.39, 0.29) is 18.3 Å². The Morgan fingerprint density at radius 2 is 1.74 bits per heavy atom. The van der Waals surface area contributed by atoms with Crippen LogP contribution in [-0.2, 0) is 22.7 Å². The molecular weight excluding hydrogens is 524 g/mol. The first-order valence-electron chi connectivity index (χ1n) is 11.8. The first kappa shape index (κ1) is 27.2.